The van der Waals surface area contributed by atoms with Gasteiger partial charge in [-0.15, -0.1) is 11.3 Å². The van der Waals surface area contributed by atoms with Crippen LogP contribution in [-0.4, -0.2) is 21.6 Å². The molecule has 0 bridgehead atoms. The third-order valence-electron chi connectivity index (χ3n) is 4.29. The zero-order valence-electron chi connectivity index (χ0n) is 13.7. The van der Waals surface area contributed by atoms with Gasteiger partial charge in [-0.1, -0.05) is 18.2 Å². The van der Waals surface area contributed by atoms with Crippen molar-refractivity contribution in [2.75, 3.05) is 6.54 Å². The number of hydrogen-bond acceptors (Lipinski definition) is 3. The molecule has 0 radical (unpaired) electrons. The first-order valence-corrected chi connectivity index (χ1v) is 8.86. The maximum atomic E-state index is 12.5. The molecular weight excluding hydrogens is 334 g/mol. The van der Waals surface area contributed by atoms with Crippen LogP contribution in [0.5, 0.6) is 0 Å². The maximum Gasteiger partial charge on any atom is 0.275 e. The first-order chi connectivity index (χ1) is 12.1. The second kappa shape index (κ2) is 6.22. The summed E-state index contributed by atoms with van der Waals surface area (Å²) in [7, 11) is 1.86. The van der Waals surface area contributed by atoms with Gasteiger partial charge in [0.2, 0.25) is 0 Å². The average Bonchev–Trinajstić information content (AvgIpc) is 3.21. The third-order valence-corrected chi connectivity index (χ3v) is 5.40. The Balaban J connectivity index is 1.47. The topological polar surface area (TPSA) is 56.0 Å². The molecule has 1 N–H and O–H groups in total. The number of pyridine rings is 1. The van der Waals surface area contributed by atoms with E-state index in [0.717, 1.165) is 15.5 Å². The maximum absolute atomic E-state index is 12.5. The molecule has 0 saturated heterocycles. The van der Waals surface area contributed by atoms with Crippen molar-refractivity contribution < 1.29 is 4.79 Å². The van der Waals surface area contributed by atoms with E-state index in [-0.39, 0.29) is 11.5 Å². The lowest BCUT2D eigenvalue weighted by Gasteiger charge is -2.07. The molecule has 126 valence electrons. The Morgan fingerprint density at radius 1 is 1.12 bits per heavy atom. The summed E-state index contributed by atoms with van der Waals surface area (Å²) in [6.45, 7) is 0.847. The van der Waals surface area contributed by atoms with E-state index >= 15 is 0 Å². The van der Waals surface area contributed by atoms with Crippen LogP contribution in [0.2, 0.25) is 0 Å². The Morgan fingerprint density at radius 2 is 1.92 bits per heavy atom. The number of aryl methyl sites for hydroxylation is 1. The predicted octanol–water partition coefficient (Wildman–Crippen LogP) is 2.98. The lowest BCUT2D eigenvalue weighted by molar-refractivity contribution is 0.0956. The first-order valence-electron chi connectivity index (χ1n) is 8.05. The number of benzene rings is 1. The molecule has 3 heterocycles. The molecule has 25 heavy (non-hydrogen) atoms. The van der Waals surface area contributed by atoms with Gasteiger partial charge in [-0.2, -0.15) is 0 Å². The molecule has 6 heteroatoms. The number of nitrogens with one attached hydrogen (secondary N) is 1. The Morgan fingerprint density at radius 3 is 2.76 bits per heavy atom. The van der Waals surface area contributed by atoms with E-state index in [2.05, 4.69) is 5.32 Å². The lowest BCUT2D eigenvalue weighted by atomic mass is 10.2. The Kier molecular flexibility index (Phi) is 3.89. The van der Waals surface area contributed by atoms with E-state index in [1.807, 2.05) is 60.3 Å². The number of carbonyl (C=O) groups excluding carboxylic acids is 1. The van der Waals surface area contributed by atoms with Gasteiger partial charge in [-0.25, -0.2) is 0 Å². The first kappa shape index (κ1) is 15.7. The van der Waals surface area contributed by atoms with Crippen molar-refractivity contribution in [3.63, 3.8) is 0 Å². The molecule has 4 rings (SSSR count). The van der Waals surface area contributed by atoms with Gasteiger partial charge in [-0.3, -0.25) is 9.59 Å². The molecule has 5 nitrogen and oxygen atoms in total. The summed E-state index contributed by atoms with van der Waals surface area (Å²) in [5, 5.41) is 4.90. The van der Waals surface area contributed by atoms with Gasteiger partial charge in [-0.05, 0) is 29.7 Å². The highest BCUT2D eigenvalue weighted by Crippen LogP contribution is 2.24. The zero-order valence-corrected chi connectivity index (χ0v) is 14.5. The zero-order chi connectivity index (χ0) is 17.4. The summed E-state index contributed by atoms with van der Waals surface area (Å²) in [4.78, 5) is 25.5. The molecule has 0 aliphatic carbocycles. The molecule has 0 unspecified atom stereocenters. The Labute approximate surface area is 148 Å². The molecule has 4 aromatic rings. The van der Waals surface area contributed by atoms with Crippen molar-refractivity contribution in [1.29, 1.82) is 0 Å². The summed E-state index contributed by atoms with van der Waals surface area (Å²) >= 11 is 1.48. The minimum atomic E-state index is -0.103. The average molecular weight is 351 g/mol. The largest absolute Gasteiger partial charge is 0.350 e. The van der Waals surface area contributed by atoms with Crippen LogP contribution in [0.25, 0.3) is 21.0 Å². The number of nitrogens with zero attached hydrogens (tertiary/aromatic N) is 2. The van der Waals surface area contributed by atoms with Crippen molar-refractivity contribution in [2.24, 2.45) is 7.05 Å². The van der Waals surface area contributed by atoms with E-state index < -0.39 is 0 Å². The normalized spacial score (nSPS) is 11.2. The quantitative estimate of drug-likeness (QED) is 0.614. The van der Waals surface area contributed by atoms with Crippen molar-refractivity contribution in [1.82, 2.24) is 14.5 Å². The van der Waals surface area contributed by atoms with Gasteiger partial charge in [0.05, 0.1) is 4.88 Å². The van der Waals surface area contributed by atoms with Crippen LogP contribution in [0.4, 0.5) is 0 Å². The van der Waals surface area contributed by atoms with Gasteiger partial charge < -0.3 is 14.5 Å². The molecular formula is C19H17N3O2S. The third kappa shape index (κ3) is 2.85. The van der Waals surface area contributed by atoms with Crippen molar-refractivity contribution in [3.8, 4) is 0 Å². The van der Waals surface area contributed by atoms with E-state index in [0.29, 0.717) is 23.5 Å². The number of amides is 1. The van der Waals surface area contributed by atoms with Crippen LogP contribution < -0.4 is 10.9 Å². The molecule has 1 aromatic carbocycles. The minimum absolute atomic E-state index is 0.0406. The van der Waals surface area contributed by atoms with E-state index in [4.69, 9.17) is 0 Å². The Hall–Kier alpha value is -2.86. The standard InChI is InChI=1S/C19H17N3O2S/c1-21-9-6-13-7-10-22(19(24)17(13)21)11-8-20-18(23)16-12-14-4-2-3-5-15(14)25-16/h2-7,9-10,12H,8,11H2,1H3,(H,20,23). The molecule has 0 aliphatic heterocycles. The number of carbonyl (C=O) groups is 1. The highest BCUT2D eigenvalue weighted by Gasteiger charge is 2.10. The fraction of sp³-hybridized carbons (Fsp3) is 0.158. The number of fused-ring (bicyclic) bond motifs is 2. The van der Waals surface area contributed by atoms with Crippen LogP contribution >= 0.6 is 11.3 Å². The fourth-order valence-electron chi connectivity index (χ4n) is 2.98. The summed E-state index contributed by atoms with van der Waals surface area (Å²) in [6.07, 6.45) is 3.65. The van der Waals surface area contributed by atoms with E-state index in [1.54, 1.807) is 10.8 Å². The number of hydrogen-bond donors (Lipinski definition) is 1. The van der Waals surface area contributed by atoms with Gasteiger partial charge in [0.25, 0.3) is 11.5 Å². The molecule has 0 fully saturated rings. The van der Waals surface area contributed by atoms with E-state index in [9.17, 15) is 9.59 Å². The second-order valence-electron chi connectivity index (χ2n) is 5.95. The van der Waals surface area contributed by atoms with Gasteiger partial charge in [0.1, 0.15) is 5.52 Å². The summed E-state index contributed by atoms with van der Waals surface area (Å²) < 4.78 is 4.55. The van der Waals surface area contributed by atoms with Crippen LogP contribution in [0.15, 0.2) is 59.7 Å². The van der Waals surface area contributed by atoms with Gasteiger partial charge >= 0.3 is 0 Å². The van der Waals surface area contributed by atoms with Crippen LogP contribution in [0.3, 0.4) is 0 Å². The molecule has 0 aliphatic rings. The highest BCUT2D eigenvalue weighted by molar-refractivity contribution is 7.20. The molecule has 0 spiro atoms. The summed E-state index contributed by atoms with van der Waals surface area (Å²) in [5.74, 6) is -0.103. The van der Waals surface area contributed by atoms with Crippen LogP contribution in [-0.2, 0) is 13.6 Å². The minimum Gasteiger partial charge on any atom is -0.350 e. The molecule has 0 atom stereocenters. The smallest absolute Gasteiger partial charge is 0.275 e. The molecule has 1 amide bonds. The Bertz CT molecular complexity index is 1100. The summed E-state index contributed by atoms with van der Waals surface area (Å²) in [5.41, 5.74) is 0.638. The number of thiophene rings is 1. The van der Waals surface area contributed by atoms with Crippen molar-refractivity contribution in [2.45, 2.75) is 6.54 Å². The molecule has 3 aromatic heterocycles. The van der Waals surface area contributed by atoms with Crippen LogP contribution in [0, 0.1) is 0 Å². The van der Waals surface area contributed by atoms with Gasteiger partial charge in [0, 0.05) is 42.6 Å². The number of aromatic nitrogens is 2. The monoisotopic (exact) mass is 351 g/mol. The SMILES string of the molecule is Cn1ccc2ccn(CCNC(=O)c3cc4ccccc4s3)c(=O)c21. The lowest BCUT2D eigenvalue weighted by Crippen LogP contribution is -2.30. The predicted molar refractivity (Wildman–Crippen MR) is 101 cm³/mol. The second-order valence-corrected chi connectivity index (χ2v) is 7.03. The summed E-state index contributed by atoms with van der Waals surface area (Å²) in [6, 6.07) is 13.7. The van der Waals surface area contributed by atoms with Gasteiger partial charge in [0.15, 0.2) is 0 Å². The van der Waals surface area contributed by atoms with E-state index in [1.165, 1.54) is 11.3 Å². The van der Waals surface area contributed by atoms with Crippen LogP contribution in [0.1, 0.15) is 9.67 Å². The number of rotatable bonds is 4. The van der Waals surface area contributed by atoms with Crippen molar-refractivity contribution in [3.05, 3.63) is 70.1 Å². The van der Waals surface area contributed by atoms with Crippen molar-refractivity contribution >= 4 is 38.2 Å². The fourth-order valence-corrected chi connectivity index (χ4v) is 3.96. The highest BCUT2D eigenvalue weighted by atomic mass is 32.1. The molecule has 0 saturated carbocycles.